The van der Waals surface area contributed by atoms with Crippen LogP contribution in [0, 0.1) is 0 Å². The number of benzene rings is 2. The molecule has 1 heterocycles. The second kappa shape index (κ2) is 10.7. The molecule has 0 spiro atoms. The van der Waals surface area contributed by atoms with Gasteiger partial charge in [-0.25, -0.2) is 0 Å². The fourth-order valence-corrected chi connectivity index (χ4v) is 4.74. The van der Waals surface area contributed by atoms with Crippen molar-refractivity contribution in [3.8, 4) is 11.5 Å². The van der Waals surface area contributed by atoms with Crippen LogP contribution in [-0.2, 0) is 9.59 Å². The summed E-state index contributed by atoms with van der Waals surface area (Å²) in [6.45, 7) is 5.52. The molecule has 5 heteroatoms. The predicted octanol–water partition coefficient (Wildman–Crippen LogP) is 5.66. The molecule has 5 nitrogen and oxygen atoms in total. The summed E-state index contributed by atoms with van der Waals surface area (Å²) in [5, 5.41) is 3.01. The van der Waals surface area contributed by atoms with Crippen molar-refractivity contribution in [2.75, 3.05) is 13.2 Å². The van der Waals surface area contributed by atoms with Gasteiger partial charge in [0.05, 0.1) is 13.2 Å². The number of allylic oxidation sites excluding steroid dienone is 2. The Morgan fingerprint density at radius 3 is 2.42 bits per heavy atom. The van der Waals surface area contributed by atoms with Gasteiger partial charge in [0.15, 0.2) is 5.78 Å². The van der Waals surface area contributed by atoms with Gasteiger partial charge < -0.3 is 14.8 Å². The second-order valence-electron chi connectivity index (χ2n) is 8.88. The molecule has 0 saturated carbocycles. The van der Waals surface area contributed by atoms with Gasteiger partial charge >= 0.3 is 0 Å². The number of para-hydroxylation sites is 1. The van der Waals surface area contributed by atoms with Gasteiger partial charge in [0.2, 0.25) is 5.91 Å². The lowest BCUT2D eigenvalue weighted by Crippen LogP contribution is -2.38. The Balaban J connectivity index is 1.59. The third kappa shape index (κ3) is 5.29. The Hall–Kier alpha value is -3.08. The number of carbonyl (C=O) groups excluding carboxylic acids is 2. The summed E-state index contributed by atoms with van der Waals surface area (Å²) in [6, 6.07) is 15.8. The molecule has 0 bridgehead atoms. The van der Waals surface area contributed by atoms with Crippen LogP contribution in [0.5, 0.6) is 11.5 Å². The molecule has 2 aromatic rings. The Morgan fingerprint density at radius 1 is 0.879 bits per heavy atom. The molecule has 2 aliphatic rings. The van der Waals surface area contributed by atoms with E-state index in [9.17, 15) is 9.59 Å². The maximum absolute atomic E-state index is 13.4. The number of ketones is 1. The number of ether oxygens (including phenoxy) is 2. The number of unbranched alkanes of at least 4 members (excludes halogenated alkanes) is 1. The van der Waals surface area contributed by atoms with Gasteiger partial charge in [0.25, 0.3) is 0 Å². The minimum Gasteiger partial charge on any atom is -0.494 e. The van der Waals surface area contributed by atoms with Gasteiger partial charge in [-0.1, -0.05) is 50.6 Å². The summed E-state index contributed by atoms with van der Waals surface area (Å²) in [6.07, 6.45) is 4.35. The van der Waals surface area contributed by atoms with Crippen molar-refractivity contribution < 1.29 is 19.1 Å². The molecule has 174 valence electrons. The average molecular weight is 448 g/mol. The molecule has 4 rings (SSSR count). The number of Topliss-reactive ketones (excluding diaryl/α,β-unsaturated/α-hetero) is 1. The van der Waals surface area contributed by atoms with E-state index in [-0.39, 0.29) is 29.9 Å². The van der Waals surface area contributed by atoms with Crippen LogP contribution in [0.3, 0.4) is 0 Å². The molecule has 1 amide bonds. The number of nitrogens with one attached hydrogen (secondary N) is 1. The molecule has 0 radical (unpaired) electrons. The van der Waals surface area contributed by atoms with E-state index in [0.29, 0.717) is 26.1 Å². The van der Waals surface area contributed by atoms with Crippen LogP contribution in [0.4, 0.5) is 0 Å². The minimum atomic E-state index is -0.259. The molecule has 1 N–H and O–H groups in total. The first-order chi connectivity index (χ1) is 16.1. The molecule has 2 aromatic carbocycles. The Kier molecular flexibility index (Phi) is 7.48. The molecule has 0 saturated heterocycles. The Labute approximate surface area is 196 Å². The minimum absolute atomic E-state index is 0.0427. The molecular formula is C28H33NO4. The number of carbonyl (C=O) groups is 2. The predicted molar refractivity (Wildman–Crippen MR) is 129 cm³/mol. The van der Waals surface area contributed by atoms with Crippen molar-refractivity contribution in [2.24, 2.45) is 0 Å². The maximum Gasteiger partial charge on any atom is 0.225 e. The quantitative estimate of drug-likeness (QED) is 0.504. The van der Waals surface area contributed by atoms with Gasteiger partial charge in [-0.3, -0.25) is 9.59 Å². The first-order valence-corrected chi connectivity index (χ1v) is 12.1. The zero-order valence-corrected chi connectivity index (χ0v) is 19.6. The summed E-state index contributed by atoms with van der Waals surface area (Å²) in [5.41, 5.74) is 3.55. The van der Waals surface area contributed by atoms with Crippen molar-refractivity contribution in [2.45, 2.75) is 64.2 Å². The summed E-state index contributed by atoms with van der Waals surface area (Å²) >= 11 is 0. The molecule has 0 fully saturated rings. The van der Waals surface area contributed by atoms with Crippen molar-refractivity contribution in [3.63, 3.8) is 0 Å². The van der Waals surface area contributed by atoms with Crippen LogP contribution in [0.1, 0.15) is 75.3 Å². The van der Waals surface area contributed by atoms with Gasteiger partial charge in [-0.15, -0.1) is 0 Å². The van der Waals surface area contributed by atoms with E-state index in [4.69, 9.17) is 9.47 Å². The highest BCUT2D eigenvalue weighted by atomic mass is 16.5. The van der Waals surface area contributed by atoms with E-state index in [1.807, 2.05) is 48.5 Å². The first kappa shape index (κ1) is 23.1. The molecular weight excluding hydrogens is 414 g/mol. The van der Waals surface area contributed by atoms with E-state index >= 15 is 0 Å². The van der Waals surface area contributed by atoms with Crippen LogP contribution in [0.25, 0.3) is 0 Å². The van der Waals surface area contributed by atoms with Crippen molar-refractivity contribution in [3.05, 3.63) is 70.9 Å². The summed E-state index contributed by atoms with van der Waals surface area (Å²) < 4.78 is 11.7. The van der Waals surface area contributed by atoms with Gasteiger partial charge in [-0.05, 0) is 48.9 Å². The summed E-state index contributed by atoms with van der Waals surface area (Å²) in [5.74, 6) is 1.47. The first-order valence-electron chi connectivity index (χ1n) is 12.1. The van der Waals surface area contributed by atoms with E-state index in [1.54, 1.807) is 0 Å². The highest BCUT2D eigenvalue weighted by Crippen LogP contribution is 2.44. The lowest BCUT2D eigenvalue weighted by molar-refractivity contribution is -0.122. The summed E-state index contributed by atoms with van der Waals surface area (Å²) in [4.78, 5) is 26.1. The standard InChI is InChI=1S/C28H33NO4/c1-3-5-15-33-26-9-7-6-8-22(26)23-18-27(31)29-24-16-20(17-25(30)28(23)24)19-10-12-21(13-11-19)32-14-4-2/h6-13,20,23H,3-5,14-18H2,1-2H3,(H,29,31). The van der Waals surface area contributed by atoms with Crippen LogP contribution < -0.4 is 14.8 Å². The topological polar surface area (TPSA) is 64.6 Å². The molecule has 0 aromatic heterocycles. The van der Waals surface area contributed by atoms with E-state index in [0.717, 1.165) is 53.2 Å². The Bertz CT molecular complexity index is 1020. The van der Waals surface area contributed by atoms with Crippen LogP contribution in [0.15, 0.2) is 59.8 Å². The highest BCUT2D eigenvalue weighted by molar-refractivity contribution is 6.02. The molecule has 2 atom stereocenters. The largest absolute Gasteiger partial charge is 0.494 e. The smallest absolute Gasteiger partial charge is 0.225 e. The Morgan fingerprint density at radius 2 is 1.67 bits per heavy atom. The van der Waals surface area contributed by atoms with Crippen LogP contribution in [0.2, 0.25) is 0 Å². The zero-order chi connectivity index (χ0) is 23.2. The fraction of sp³-hybridized carbons (Fsp3) is 0.429. The monoisotopic (exact) mass is 447 g/mol. The van der Waals surface area contributed by atoms with E-state index in [2.05, 4.69) is 19.2 Å². The van der Waals surface area contributed by atoms with E-state index < -0.39 is 0 Å². The van der Waals surface area contributed by atoms with Crippen LogP contribution >= 0.6 is 0 Å². The fourth-order valence-electron chi connectivity index (χ4n) is 4.74. The number of hydrogen-bond donors (Lipinski definition) is 1. The highest BCUT2D eigenvalue weighted by Gasteiger charge is 2.39. The summed E-state index contributed by atoms with van der Waals surface area (Å²) in [7, 11) is 0. The third-order valence-electron chi connectivity index (χ3n) is 6.41. The maximum atomic E-state index is 13.4. The number of rotatable bonds is 9. The number of amides is 1. The van der Waals surface area contributed by atoms with E-state index in [1.165, 1.54) is 0 Å². The molecule has 33 heavy (non-hydrogen) atoms. The lowest BCUT2D eigenvalue weighted by atomic mass is 9.73. The van der Waals surface area contributed by atoms with Crippen molar-refractivity contribution in [1.29, 1.82) is 0 Å². The zero-order valence-electron chi connectivity index (χ0n) is 19.6. The van der Waals surface area contributed by atoms with Crippen molar-refractivity contribution >= 4 is 11.7 Å². The lowest BCUT2D eigenvalue weighted by Gasteiger charge is -2.35. The van der Waals surface area contributed by atoms with Gasteiger partial charge in [-0.2, -0.15) is 0 Å². The van der Waals surface area contributed by atoms with Crippen molar-refractivity contribution in [1.82, 2.24) is 5.32 Å². The normalized spacial score (nSPS) is 20.3. The third-order valence-corrected chi connectivity index (χ3v) is 6.41. The average Bonchev–Trinajstić information content (AvgIpc) is 2.82. The second-order valence-corrected chi connectivity index (χ2v) is 8.88. The molecule has 1 aliphatic heterocycles. The van der Waals surface area contributed by atoms with Crippen LogP contribution in [-0.4, -0.2) is 24.9 Å². The SMILES string of the molecule is CCCCOc1ccccc1C1CC(=O)NC2=C1C(=O)CC(c1ccc(OCCC)cc1)C2. The number of hydrogen-bond acceptors (Lipinski definition) is 4. The van der Waals surface area contributed by atoms with Gasteiger partial charge in [0, 0.05) is 35.6 Å². The van der Waals surface area contributed by atoms with Gasteiger partial charge in [0.1, 0.15) is 11.5 Å². The molecule has 1 aliphatic carbocycles. The molecule has 2 unspecified atom stereocenters.